The number of benzene rings is 2. The van der Waals surface area contributed by atoms with E-state index in [0.717, 1.165) is 0 Å². The summed E-state index contributed by atoms with van der Waals surface area (Å²) in [4.78, 5) is 11.4. The van der Waals surface area contributed by atoms with Gasteiger partial charge in [0.05, 0.1) is 28.6 Å². The molecule has 118 valence electrons. The molecule has 0 spiro atoms. The maximum absolute atomic E-state index is 11.9. The molecule has 1 amide bonds. The Labute approximate surface area is 142 Å². The van der Waals surface area contributed by atoms with Crippen LogP contribution in [0, 0.1) is 0 Å². The molecule has 0 aliphatic rings. The number of carbonyl (C=O) groups is 1. The molecule has 0 aliphatic heterocycles. The summed E-state index contributed by atoms with van der Waals surface area (Å²) >= 11 is 1.80. The lowest BCUT2D eigenvalue weighted by molar-refractivity contribution is -0.123. The minimum Gasteiger partial charge on any atom is -0.282 e. The third-order valence-electron chi connectivity index (χ3n) is 3.17. The first-order chi connectivity index (χ1) is 10.3. The van der Waals surface area contributed by atoms with E-state index in [-0.39, 0.29) is 16.5 Å². The Hall–Kier alpha value is -1.39. The summed E-state index contributed by atoms with van der Waals surface area (Å²) in [7, 11) is -4.46. The number of amides is 1. The lowest BCUT2D eigenvalue weighted by atomic mass is 10.1. The first kappa shape index (κ1) is 17.0. The van der Waals surface area contributed by atoms with Crippen LogP contribution in [0.2, 0.25) is 0 Å². The largest absolute Gasteiger partial charge is 0.297 e. The van der Waals surface area contributed by atoms with Crippen LogP contribution in [0.5, 0.6) is 0 Å². The van der Waals surface area contributed by atoms with Gasteiger partial charge < -0.3 is 0 Å². The van der Waals surface area contributed by atoms with E-state index in [2.05, 4.69) is 0 Å². The van der Waals surface area contributed by atoms with Crippen molar-refractivity contribution >= 4 is 55.3 Å². The molecule has 0 radical (unpaired) electrons. The van der Waals surface area contributed by atoms with Crippen LogP contribution in [0.3, 0.4) is 0 Å². The Morgan fingerprint density at radius 2 is 1.86 bits per heavy atom. The molecule has 0 atom stereocenters. The van der Waals surface area contributed by atoms with Crippen LogP contribution in [0.4, 0.5) is 5.69 Å². The van der Waals surface area contributed by atoms with Crippen LogP contribution in [-0.2, 0) is 14.9 Å². The second-order valence-electron chi connectivity index (χ2n) is 4.60. The summed E-state index contributed by atoms with van der Waals surface area (Å²) in [5.74, 6) is -0.253. The quantitative estimate of drug-likeness (QED) is 0.347. The Morgan fingerprint density at radius 1 is 1.23 bits per heavy atom. The Balaban J connectivity index is 2.81. The molecule has 1 N–H and O–H groups in total. The highest BCUT2D eigenvalue weighted by atomic mass is 127. The number of rotatable bonds is 4. The average Bonchev–Trinajstić information content (AvgIpc) is 2.46. The summed E-state index contributed by atoms with van der Waals surface area (Å²) in [5, 5.41) is 2.60. The predicted molar refractivity (Wildman–Crippen MR) is 93.3 cm³/mol. The molecule has 0 aliphatic carbocycles. The van der Waals surface area contributed by atoms with Gasteiger partial charge in [-0.3, -0.25) is 14.4 Å². The maximum Gasteiger partial charge on any atom is 0.297 e. The Bertz CT molecular complexity index is 823. The number of nitrogens with zero attached hydrogens (tertiary/aromatic N) is 2. The highest BCUT2D eigenvalue weighted by molar-refractivity contribution is 14.1. The van der Waals surface area contributed by atoms with Crippen molar-refractivity contribution in [3.63, 3.8) is 0 Å². The number of hydrogen-bond donors (Lipinski definition) is 1. The first-order valence-electron chi connectivity index (χ1n) is 6.50. The molecule has 0 saturated heterocycles. The highest BCUT2D eigenvalue weighted by Crippen LogP contribution is 2.34. The van der Waals surface area contributed by atoms with Gasteiger partial charge in [0.25, 0.3) is 10.1 Å². The molecule has 2 aromatic carbocycles. The van der Waals surface area contributed by atoms with Crippen LogP contribution < -0.4 is 5.01 Å². The average molecular weight is 434 g/mol. The molecule has 6 nitrogen and oxygen atoms in total. The van der Waals surface area contributed by atoms with Crippen LogP contribution in [-0.4, -0.2) is 28.6 Å². The molecule has 8 heteroatoms. The van der Waals surface area contributed by atoms with Gasteiger partial charge >= 0.3 is 0 Å². The summed E-state index contributed by atoms with van der Waals surface area (Å²) in [6.45, 7) is 3.53. The van der Waals surface area contributed by atoms with Gasteiger partial charge in [0, 0.05) is 18.9 Å². The van der Waals surface area contributed by atoms with Crippen molar-refractivity contribution in [1.82, 2.24) is 3.22 Å². The monoisotopic (exact) mass is 434 g/mol. The highest BCUT2D eigenvalue weighted by Gasteiger charge is 2.25. The predicted octanol–water partition coefficient (Wildman–Crippen LogP) is 3.03. The van der Waals surface area contributed by atoms with Crippen molar-refractivity contribution < 1.29 is 17.8 Å². The van der Waals surface area contributed by atoms with Gasteiger partial charge in [0.1, 0.15) is 4.90 Å². The molecule has 2 rings (SSSR count). The second kappa shape index (κ2) is 6.39. The zero-order chi connectivity index (χ0) is 16.5. The Morgan fingerprint density at radius 3 is 2.41 bits per heavy atom. The smallest absolute Gasteiger partial charge is 0.282 e. The zero-order valence-electron chi connectivity index (χ0n) is 12.0. The molecule has 22 heavy (non-hydrogen) atoms. The van der Waals surface area contributed by atoms with E-state index in [1.807, 2.05) is 0 Å². The van der Waals surface area contributed by atoms with Crippen molar-refractivity contribution in [3.05, 3.63) is 36.4 Å². The third kappa shape index (κ3) is 3.18. The number of anilines is 1. The maximum atomic E-state index is 11.9. The van der Waals surface area contributed by atoms with Crippen molar-refractivity contribution in [2.45, 2.75) is 18.7 Å². The minimum atomic E-state index is -4.46. The van der Waals surface area contributed by atoms with Gasteiger partial charge in [-0.15, -0.1) is 0 Å². The van der Waals surface area contributed by atoms with E-state index in [9.17, 15) is 17.8 Å². The molecule has 0 bridgehead atoms. The first-order valence-corrected chi connectivity index (χ1v) is 8.91. The molecule has 2 aromatic rings. The topological polar surface area (TPSA) is 77.9 Å². The molecule has 0 saturated carbocycles. The van der Waals surface area contributed by atoms with Crippen molar-refractivity contribution in [2.75, 3.05) is 11.6 Å². The number of hydrogen-bond acceptors (Lipinski definition) is 4. The molecule has 0 fully saturated rings. The van der Waals surface area contributed by atoms with Gasteiger partial charge in [0.15, 0.2) is 0 Å². The molecule has 0 aromatic heterocycles. The van der Waals surface area contributed by atoms with E-state index in [0.29, 0.717) is 17.3 Å². The Kier molecular flexibility index (Phi) is 4.93. The summed E-state index contributed by atoms with van der Waals surface area (Å²) < 4.78 is 34.8. The fraction of sp³-hybridized carbons (Fsp3) is 0.214. The normalized spacial score (nSPS) is 11.5. The van der Waals surface area contributed by atoms with E-state index in [1.54, 1.807) is 66.2 Å². The van der Waals surface area contributed by atoms with Crippen molar-refractivity contribution in [3.8, 4) is 0 Å². The second-order valence-corrected chi connectivity index (χ2v) is 6.88. The van der Waals surface area contributed by atoms with E-state index >= 15 is 0 Å². The SMILES string of the molecule is CCN(c1ccc2ccccc2c1S(=O)(=O)O)N(I)C(C)=O. The minimum absolute atomic E-state index is 0.199. The van der Waals surface area contributed by atoms with Gasteiger partial charge in [0.2, 0.25) is 5.91 Å². The molecule has 0 heterocycles. The van der Waals surface area contributed by atoms with Crippen LogP contribution >= 0.6 is 22.9 Å². The lowest BCUT2D eigenvalue weighted by Crippen LogP contribution is -2.39. The van der Waals surface area contributed by atoms with E-state index in [1.165, 1.54) is 15.2 Å². The summed E-state index contributed by atoms with van der Waals surface area (Å²) in [6.07, 6.45) is 0. The van der Waals surface area contributed by atoms with Crippen LogP contribution in [0.15, 0.2) is 41.3 Å². The number of hydrazine groups is 1. The zero-order valence-corrected chi connectivity index (χ0v) is 15.0. The van der Waals surface area contributed by atoms with Crippen LogP contribution in [0.1, 0.15) is 13.8 Å². The van der Waals surface area contributed by atoms with Crippen molar-refractivity contribution in [2.24, 2.45) is 0 Å². The van der Waals surface area contributed by atoms with E-state index in [4.69, 9.17) is 0 Å². The summed E-state index contributed by atoms with van der Waals surface area (Å²) in [5.41, 5.74) is 0.258. The fourth-order valence-corrected chi connectivity index (χ4v) is 3.70. The van der Waals surface area contributed by atoms with Crippen molar-refractivity contribution in [1.29, 1.82) is 0 Å². The lowest BCUT2D eigenvalue weighted by Gasteiger charge is -2.31. The van der Waals surface area contributed by atoms with Gasteiger partial charge in [-0.05, 0) is 18.4 Å². The number of halogens is 1. The van der Waals surface area contributed by atoms with E-state index < -0.39 is 10.1 Å². The molecule has 0 unspecified atom stereocenters. The fourth-order valence-electron chi connectivity index (χ4n) is 2.26. The molecular weight excluding hydrogens is 419 g/mol. The van der Waals surface area contributed by atoms with Gasteiger partial charge in [-0.1, -0.05) is 30.3 Å². The molecular formula is C14H15IN2O4S. The third-order valence-corrected chi connectivity index (χ3v) is 5.31. The van der Waals surface area contributed by atoms with Gasteiger partial charge in [-0.2, -0.15) is 11.6 Å². The van der Waals surface area contributed by atoms with Crippen LogP contribution in [0.25, 0.3) is 10.8 Å². The number of carbonyl (C=O) groups excluding carboxylic acids is 1. The summed E-state index contributed by atoms with van der Waals surface area (Å²) in [6, 6.07) is 10.2. The number of fused-ring (bicyclic) bond motifs is 1. The van der Waals surface area contributed by atoms with Gasteiger partial charge in [-0.25, -0.2) is 0 Å². The standard InChI is InChI=1S/C14H15IN2O4S/c1-3-16(17(15)10(2)18)13-9-8-11-6-4-5-7-12(11)14(13)22(19,20)21/h4-9H,3H2,1-2H3,(H,19,20,21).